The first kappa shape index (κ1) is 22.6. The van der Waals surface area contributed by atoms with Gasteiger partial charge >= 0.3 is 5.97 Å². The molecule has 3 rings (SSSR count). The van der Waals surface area contributed by atoms with Crippen molar-refractivity contribution in [2.24, 2.45) is 0 Å². The van der Waals surface area contributed by atoms with Crippen molar-refractivity contribution in [3.05, 3.63) is 76.7 Å². The standard InChI is InChI=1S/C23H22N2O4S2/c1-3-29-23(28)18-13-20(15-8-5-4-6-9-15)31-21(18)19(26)14-24-22(27)16-10-7-11-17(12-16)25-30-2/h4-13,25H,3,14H2,1-2H3,(H,24,27). The predicted octanol–water partition coefficient (Wildman–Crippen LogP) is 4.89. The third kappa shape index (κ3) is 5.74. The minimum absolute atomic E-state index is 0.208. The highest BCUT2D eigenvalue weighted by Crippen LogP contribution is 2.32. The number of carbonyl (C=O) groups excluding carboxylic acids is 3. The molecule has 0 saturated carbocycles. The molecule has 8 heteroatoms. The van der Waals surface area contributed by atoms with Gasteiger partial charge in [0.25, 0.3) is 5.91 Å². The van der Waals surface area contributed by atoms with Crippen LogP contribution in [-0.4, -0.2) is 37.1 Å². The van der Waals surface area contributed by atoms with Crippen LogP contribution in [0.3, 0.4) is 0 Å². The maximum Gasteiger partial charge on any atom is 0.339 e. The number of ketones is 1. The van der Waals surface area contributed by atoms with Crippen molar-refractivity contribution in [1.29, 1.82) is 0 Å². The fraction of sp³-hybridized carbons (Fsp3) is 0.174. The van der Waals surface area contributed by atoms with E-state index in [2.05, 4.69) is 10.0 Å². The smallest absolute Gasteiger partial charge is 0.339 e. The molecule has 0 atom stereocenters. The highest BCUT2D eigenvalue weighted by atomic mass is 32.2. The van der Waals surface area contributed by atoms with E-state index in [4.69, 9.17) is 4.74 Å². The molecule has 0 spiro atoms. The van der Waals surface area contributed by atoms with Crippen LogP contribution in [0.25, 0.3) is 10.4 Å². The Morgan fingerprint density at radius 2 is 1.81 bits per heavy atom. The summed E-state index contributed by atoms with van der Waals surface area (Å²) in [5.74, 6) is -1.26. The number of anilines is 1. The van der Waals surface area contributed by atoms with Gasteiger partial charge in [-0.2, -0.15) is 0 Å². The third-order valence-corrected chi connectivity index (χ3v) is 5.96. The molecule has 2 aromatic carbocycles. The number of rotatable bonds is 9. The van der Waals surface area contributed by atoms with Gasteiger partial charge in [-0.3, -0.25) is 9.59 Å². The van der Waals surface area contributed by atoms with Crippen LogP contribution in [0.4, 0.5) is 5.69 Å². The Hall–Kier alpha value is -3.10. The van der Waals surface area contributed by atoms with Crippen LogP contribution in [-0.2, 0) is 4.74 Å². The van der Waals surface area contributed by atoms with Gasteiger partial charge in [0, 0.05) is 22.4 Å². The Balaban J connectivity index is 1.78. The first-order valence-electron chi connectivity index (χ1n) is 9.60. The molecule has 0 aliphatic carbocycles. The number of amides is 1. The number of hydrogen-bond acceptors (Lipinski definition) is 7. The molecular weight excluding hydrogens is 432 g/mol. The third-order valence-electron chi connectivity index (χ3n) is 4.29. The minimum atomic E-state index is -0.550. The van der Waals surface area contributed by atoms with Gasteiger partial charge in [0.15, 0.2) is 5.78 Å². The van der Waals surface area contributed by atoms with Gasteiger partial charge in [-0.1, -0.05) is 48.3 Å². The normalized spacial score (nSPS) is 10.4. The second-order valence-corrected chi connectivity index (χ2v) is 8.10. The predicted molar refractivity (Wildman–Crippen MR) is 126 cm³/mol. The number of hydrogen-bond donors (Lipinski definition) is 2. The topological polar surface area (TPSA) is 84.5 Å². The van der Waals surface area contributed by atoms with Gasteiger partial charge in [0.1, 0.15) is 0 Å². The van der Waals surface area contributed by atoms with Gasteiger partial charge in [-0.25, -0.2) is 4.79 Å². The molecule has 0 radical (unpaired) electrons. The van der Waals surface area contributed by atoms with Crippen LogP contribution in [0.15, 0.2) is 60.7 Å². The van der Waals surface area contributed by atoms with Crippen LogP contribution >= 0.6 is 23.3 Å². The Kier molecular flexibility index (Phi) is 7.86. The molecule has 160 valence electrons. The zero-order valence-electron chi connectivity index (χ0n) is 17.1. The molecule has 1 aromatic heterocycles. The van der Waals surface area contributed by atoms with Crippen molar-refractivity contribution in [3.8, 4) is 10.4 Å². The number of benzene rings is 2. The first-order chi connectivity index (χ1) is 15.0. The van der Waals surface area contributed by atoms with Gasteiger partial charge in [-0.05, 0) is 36.8 Å². The molecule has 1 heterocycles. The molecule has 3 aromatic rings. The van der Waals surface area contributed by atoms with E-state index in [1.165, 1.54) is 23.3 Å². The van der Waals surface area contributed by atoms with Crippen LogP contribution in [0.5, 0.6) is 0 Å². The number of Topliss-reactive ketones (excluding diaryl/α,β-unsaturated/α-hetero) is 1. The van der Waals surface area contributed by atoms with E-state index < -0.39 is 5.97 Å². The number of nitrogens with one attached hydrogen (secondary N) is 2. The summed E-state index contributed by atoms with van der Waals surface area (Å²) in [5, 5.41) is 2.65. The van der Waals surface area contributed by atoms with Gasteiger partial charge < -0.3 is 14.8 Å². The summed E-state index contributed by atoms with van der Waals surface area (Å²) in [6, 6.07) is 18.2. The Morgan fingerprint density at radius 1 is 1.03 bits per heavy atom. The van der Waals surface area contributed by atoms with E-state index >= 15 is 0 Å². The lowest BCUT2D eigenvalue weighted by Crippen LogP contribution is -2.29. The lowest BCUT2D eigenvalue weighted by Gasteiger charge is -2.07. The molecule has 0 aliphatic rings. The average molecular weight is 455 g/mol. The van der Waals surface area contributed by atoms with Crippen LogP contribution in [0.1, 0.15) is 37.3 Å². The van der Waals surface area contributed by atoms with Crippen LogP contribution in [0, 0.1) is 0 Å². The molecule has 6 nitrogen and oxygen atoms in total. The Bertz CT molecular complexity index is 1080. The monoisotopic (exact) mass is 454 g/mol. The van der Waals surface area contributed by atoms with Crippen LogP contribution in [0.2, 0.25) is 0 Å². The lowest BCUT2D eigenvalue weighted by atomic mass is 10.1. The zero-order valence-corrected chi connectivity index (χ0v) is 18.8. The highest BCUT2D eigenvalue weighted by molar-refractivity contribution is 7.99. The molecule has 0 unspecified atom stereocenters. The van der Waals surface area contributed by atoms with E-state index in [1.807, 2.05) is 42.7 Å². The van der Waals surface area contributed by atoms with Crippen molar-refractivity contribution in [3.63, 3.8) is 0 Å². The molecular formula is C23H22N2O4S2. The number of ether oxygens (including phenoxy) is 1. The maximum atomic E-state index is 12.9. The molecule has 0 aliphatic heterocycles. The lowest BCUT2D eigenvalue weighted by molar-refractivity contribution is 0.0524. The number of carbonyl (C=O) groups is 3. The van der Waals surface area contributed by atoms with E-state index in [1.54, 1.807) is 31.2 Å². The SMILES string of the molecule is CCOC(=O)c1cc(-c2ccccc2)sc1C(=O)CNC(=O)c1cccc(NSC)c1. The minimum Gasteiger partial charge on any atom is -0.462 e. The molecule has 0 saturated heterocycles. The van der Waals surface area contributed by atoms with Crippen LogP contribution < -0.4 is 10.0 Å². The van der Waals surface area contributed by atoms with E-state index in [0.29, 0.717) is 5.56 Å². The van der Waals surface area contributed by atoms with Crippen molar-refractivity contribution < 1.29 is 19.1 Å². The van der Waals surface area contributed by atoms with Gasteiger partial charge in [-0.15, -0.1) is 11.3 Å². The molecule has 1 amide bonds. The summed E-state index contributed by atoms with van der Waals surface area (Å²) in [6.07, 6.45) is 1.89. The maximum absolute atomic E-state index is 12.9. The molecule has 0 bridgehead atoms. The molecule has 0 fully saturated rings. The first-order valence-corrected chi connectivity index (χ1v) is 11.6. The van der Waals surface area contributed by atoms with Crippen molar-refractivity contribution in [2.75, 3.05) is 24.1 Å². The van der Waals surface area contributed by atoms with E-state index in [-0.39, 0.29) is 35.3 Å². The summed E-state index contributed by atoms with van der Waals surface area (Å²) in [5.41, 5.74) is 2.35. The summed E-state index contributed by atoms with van der Waals surface area (Å²) in [4.78, 5) is 38.9. The van der Waals surface area contributed by atoms with E-state index in [0.717, 1.165) is 16.1 Å². The fourth-order valence-corrected chi connectivity index (χ4v) is 4.34. The fourth-order valence-electron chi connectivity index (χ4n) is 2.89. The van der Waals surface area contributed by atoms with Crippen molar-refractivity contribution in [2.45, 2.75) is 6.92 Å². The second kappa shape index (κ2) is 10.8. The van der Waals surface area contributed by atoms with E-state index in [9.17, 15) is 14.4 Å². The Labute approximate surface area is 189 Å². The summed E-state index contributed by atoms with van der Waals surface area (Å²) >= 11 is 2.64. The summed E-state index contributed by atoms with van der Waals surface area (Å²) in [7, 11) is 0. The molecule has 31 heavy (non-hydrogen) atoms. The summed E-state index contributed by atoms with van der Waals surface area (Å²) in [6.45, 7) is 1.70. The zero-order chi connectivity index (χ0) is 22.2. The largest absolute Gasteiger partial charge is 0.462 e. The number of thiophene rings is 1. The Morgan fingerprint density at radius 3 is 2.52 bits per heavy atom. The molecule has 2 N–H and O–H groups in total. The van der Waals surface area contributed by atoms with Gasteiger partial charge in [0.2, 0.25) is 0 Å². The van der Waals surface area contributed by atoms with Gasteiger partial charge in [0.05, 0.1) is 23.6 Å². The number of esters is 1. The van der Waals surface area contributed by atoms with Crippen molar-refractivity contribution >= 4 is 46.6 Å². The second-order valence-electron chi connectivity index (χ2n) is 6.43. The van der Waals surface area contributed by atoms with Crippen molar-refractivity contribution in [1.82, 2.24) is 5.32 Å². The average Bonchev–Trinajstić information content (AvgIpc) is 3.24. The highest BCUT2D eigenvalue weighted by Gasteiger charge is 2.23. The summed E-state index contributed by atoms with van der Waals surface area (Å²) < 4.78 is 8.18. The quantitative estimate of drug-likeness (QED) is 0.272.